The lowest BCUT2D eigenvalue weighted by Crippen LogP contribution is -2.41. The minimum absolute atomic E-state index is 0.154. The van der Waals surface area contributed by atoms with Crippen molar-refractivity contribution in [2.45, 2.75) is 25.7 Å². The number of hydrogen-bond acceptors (Lipinski definition) is 8. The molecule has 2 amide bonds. The van der Waals surface area contributed by atoms with Gasteiger partial charge in [0.1, 0.15) is 5.82 Å². The van der Waals surface area contributed by atoms with Crippen molar-refractivity contribution in [3.05, 3.63) is 48.7 Å². The van der Waals surface area contributed by atoms with Crippen LogP contribution in [0, 0.1) is 5.92 Å². The third-order valence-corrected chi connectivity index (χ3v) is 5.13. The molecule has 3 aromatic rings. The molecule has 0 saturated carbocycles. The summed E-state index contributed by atoms with van der Waals surface area (Å²) < 4.78 is 5.21. The predicted octanol–water partition coefficient (Wildman–Crippen LogP) is 1.80. The first-order valence-electron chi connectivity index (χ1n) is 10.1. The average Bonchev–Trinajstić information content (AvgIpc) is 3.28. The van der Waals surface area contributed by atoms with E-state index in [1.165, 1.54) is 0 Å². The molecule has 1 saturated heterocycles. The maximum absolute atomic E-state index is 12.3. The molecule has 0 bridgehead atoms. The van der Waals surface area contributed by atoms with Gasteiger partial charge in [-0.1, -0.05) is 5.16 Å². The van der Waals surface area contributed by atoms with Crippen LogP contribution in [0.3, 0.4) is 0 Å². The number of nitrogens with zero attached hydrogens (tertiary/aromatic N) is 5. The molecule has 4 heterocycles. The van der Waals surface area contributed by atoms with Crippen molar-refractivity contribution in [3.63, 3.8) is 0 Å². The van der Waals surface area contributed by atoms with Crippen LogP contribution in [0.2, 0.25) is 0 Å². The minimum Gasteiger partial charge on any atom is -0.369 e. The van der Waals surface area contributed by atoms with Crippen LogP contribution in [-0.2, 0) is 16.0 Å². The van der Waals surface area contributed by atoms with Crippen LogP contribution in [0.1, 0.15) is 25.2 Å². The van der Waals surface area contributed by atoms with Gasteiger partial charge in [-0.15, -0.1) is 0 Å². The summed E-state index contributed by atoms with van der Waals surface area (Å²) >= 11 is 0. The molecule has 0 aliphatic carbocycles. The van der Waals surface area contributed by atoms with Gasteiger partial charge in [0.25, 0.3) is 0 Å². The highest BCUT2D eigenvalue weighted by molar-refractivity contribution is 5.90. The highest BCUT2D eigenvalue weighted by Crippen LogP contribution is 2.22. The molecule has 160 valence electrons. The normalized spacial score (nSPS) is 16.1. The van der Waals surface area contributed by atoms with E-state index in [4.69, 9.17) is 10.3 Å². The second kappa shape index (κ2) is 9.33. The number of aryl methyl sites for hydroxylation is 1. The van der Waals surface area contributed by atoms with Crippen molar-refractivity contribution in [1.29, 1.82) is 0 Å². The van der Waals surface area contributed by atoms with Crippen LogP contribution in [0.4, 0.5) is 11.5 Å². The number of anilines is 2. The highest BCUT2D eigenvalue weighted by Gasteiger charge is 2.24. The van der Waals surface area contributed by atoms with Crippen LogP contribution >= 0.6 is 0 Å². The van der Waals surface area contributed by atoms with Gasteiger partial charge in [0.2, 0.25) is 23.5 Å². The van der Waals surface area contributed by atoms with Crippen LogP contribution in [0.5, 0.6) is 0 Å². The van der Waals surface area contributed by atoms with Crippen LogP contribution in [0.25, 0.3) is 11.4 Å². The van der Waals surface area contributed by atoms with Crippen molar-refractivity contribution in [1.82, 2.24) is 20.1 Å². The molecule has 1 aliphatic rings. The molecule has 10 heteroatoms. The summed E-state index contributed by atoms with van der Waals surface area (Å²) in [5.74, 6) is 0.983. The Morgan fingerprint density at radius 2 is 2.16 bits per heavy atom. The summed E-state index contributed by atoms with van der Waals surface area (Å²) in [6, 6.07) is 7.25. The molecule has 1 atom stereocenters. The number of carbonyl (C=O) groups is 2. The van der Waals surface area contributed by atoms with Gasteiger partial charge in [-0.25, -0.2) is 4.98 Å². The number of aromatic nitrogens is 4. The minimum atomic E-state index is -0.276. The number of pyridine rings is 2. The number of amides is 2. The molecule has 4 rings (SSSR count). The molecule has 1 unspecified atom stereocenters. The smallest absolute Gasteiger partial charge is 0.227 e. The van der Waals surface area contributed by atoms with Gasteiger partial charge in [-0.2, -0.15) is 4.98 Å². The Morgan fingerprint density at radius 1 is 1.26 bits per heavy atom. The van der Waals surface area contributed by atoms with Crippen molar-refractivity contribution >= 4 is 23.3 Å². The Morgan fingerprint density at radius 3 is 2.90 bits per heavy atom. The first-order chi connectivity index (χ1) is 15.1. The second-order valence-corrected chi connectivity index (χ2v) is 7.39. The number of hydrogen-bond donors (Lipinski definition) is 2. The van der Waals surface area contributed by atoms with Crippen LogP contribution in [-0.4, -0.2) is 45.0 Å². The Kier molecular flexibility index (Phi) is 6.16. The lowest BCUT2D eigenvalue weighted by atomic mass is 9.97. The molecular formula is C21H23N7O3. The van der Waals surface area contributed by atoms with E-state index < -0.39 is 0 Å². The summed E-state index contributed by atoms with van der Waals surface area (Å²) in [6.45, 7) is 1.40. The van der Waals surface area contributed by atoms with E-state index in [-0.39, 0.29) is 24.2 Å². The first-order valence-corrected chi connectivity index (χ1v) is 10.1. The molecule has 31 heavy (non-hydrogen) atoms. The van der Waals surface area contributed by atoms with Crippen LogP contribution < -0.4 is 16.0 Å². The lowest BCUT2D eigenvalue weighted by Gasteiger charge is -2.32. The molecule has 0 spiro atoms. The van der Waals surface area contributed by atoms with E-state index in [2.05, 4.69) is 25.4 Å². The number of primary amides is 1. The number of nitrogens with one attached hydrogen (secondary N) is 1. The van der Waals surface area contributed by atoms with Gasteiger partial charge in [-0.3, -0.25) is 14.6 Å². The van der Waals surface area contributed by atoms with E-state index in [9.17, 15) is 9.59 Å². The molecule has 3 N–H and O–H groups in total. The quantitative estimate of drug-likeness (QED) is 0.588. The summed E-state index contributed by atoms with van der Waals surface area (Å²) in [5.41, 5.74) is 6.79. The second-order valence-electron chi connectivity index (χ2n) is 7.39. The van der Waals surface area contributed by atoms with Crippen LogP contribution in [0.15, 0.2) is 47.4 Å². The third-order valence-electron chi connectivity index (χ3n) is 5.13. The predicted molar refractivity (Wildman–Crippen MR) is 113 cm³/mol. The van der Waals surface area contributed by atoms with Gasteiger partial charge in [0.15, 0.2) is 0 Å². The maximum atomic E-state index is 12.3. The fraction of sp³-hybridized carbons (Fsp3) is 0.333. The highest BCUT2D eigenvalue weighted by atomic mass is 16.5. The van der Waals surface area contributed by atoms with Gasteiger partial charge in [0, 0.05) is 43.9 Å². The zero-order valence-corrected chi connectivity index (χ0v) is 16.9. The van der Waals surface area contributed by atoms with E-state index >= 15 is 0 Å². The van der Waals surface area contributed by atoms with Gasteiger partial charge >= 0.3 is 0 Å². The zero-order valence-electron chi connectivity index (χ0n) is 16.9. The zero-order chi connectivity index (χ0) is 21.6. The molecular weight excluding hydrogens is 398 g/mol. The van der Waals surface area contributed by atoms with Gasteiger partial charge in [0.05, 0.1) is 17.8 Å². The number of nitrogens with two attached hydrogens (primary N) is 1. The van der Waals surface area contributed by atoms with Crippen molar-refractivity contribution in [2.24, 2.45) is 11.7 Å². The monoisotopic (exact) mass is 421 g/mol. The largest absolute Gasteiger partial charge is 0.369 e. The number of carbonyl (C=O) groups excluding carboxylic acids is 2. The number of piperidine rings is 1. The average molecular weight is 421 g/mol. The molecule has 0 radical (unpaired) electrons. The molecule has 10 nitrogen and oxygen atoms in total. The van der Waals surface area contributed by atoms with E-state index in [1.807, 2.05) is 17.0 Å². The van der Waals surface area contributed by atoms with Gasteiger partial charge in [-0.05, 0) is 37.1 Å². The lowest BCUT2D eigenvalue weighted by molar-refractivity contribution is -0.122. The summed E-state index contributed by atoms with van der Waals surface area (Å²) in [7, 11) is 0. The summed E-state index contributed by atoms with van der Waals surface area (Å²) in [5, 5.41) is 6.73. The SMILES string of the molecule is NC(=O)C1CCCN(c2ccc(NC(=O)CCc3nc(-c4cccnc4)no3)cn2)C1. The Bertz CT molecular complexity index is 1040. The molecule has 1 aliphatic heterocycles. The molecule has 1 fully saturated rings. The Labute approximate surface area is 178 Å². The van der Waals surface area contributed by atoms with Crippen molar-refractivity contribution in [3.8, 4) is 11.4 Å². The van der Waals surface area contributed by atoms with E-state index in [0.717, 1.165) is 30.8 Å². The molecule has 0 aromatic carbocycles. The standard InChI is InChI=1S/C21H23N7O3/c22-20(30)15-4-2-10-28(13-15)17-6-5-16(12-24-17)25-18(29)7-8-19-26-21(27-31-19)14-3-1-9-23-11-14/h1,3,5-6,9,11-12,15H,2,4,7-8,10,13H2,(H2,22,30)(H,25,29). The van der Waals surface area contributed by atoms with E-state index in [0.29, 0.717) is 30.4 Å². The van der Waals surface area contributed by atoms with E-state index in [1.54, 1.807) is 30.7 Å². The van der Waals surface area contributed by atoms with Gasteiger partial charge < -0.3 is 20.5 Å². The molecule has 3 aromatic heterocycles. The fourth-order valence-corrected chi connectivity index (χ4v) is 3.48. The fourth-order valence-electron chi connectivity index (χ4n) is 3.48. The maximum Gasteiger partial charge on any atom is 0.227 e. The Balaban J connectivity index is 1.28. The first kappa shape index (κ1) is 20.5. The topological polar surface area (TPSA) is 140 Å². The summed E-state index contributed by atoms with van der Waals surface area (Å²) in [4.78, 5) is 38.5. The number of rotatable bonds is 7. The van der Waals surface area contributed by atoms with Crippen molar-refractivity contribution < 1.29 is 14.1 Å². The van der Waals surface area contributed by atoms with Crippen molar-refractivity contribution in [2.75, 3.05) is 23.3 Å². The summed E-state index contributed by atoms with van der Waals surface area (Å²) in [6.07, 6.45) is 7.15. The Hall–Kier alpha value is -3.82. The third kappa shape index (κ3) is 5.21.